The van der Waals surface area contributed by atoms with Crippen LogP contribution in [0.5, 0.6) is 0 Å². The Morgan fingerprint density at radius 2 is 1.84 bits per heavy atom. The van der Waals surface area contributed by atoms with E-state index in [1.54, 1.807) is 11.8 Å². The quantitative estimate of drug-likeness (QED) is 0.836. The molecule has 0 saturated carbocycles. The van der Waals surface area contributed by atoms with Gasteiger partial charge in [-0.05, 0) is 24.7 Å². The Morgan fingerprint density at radius 3 is 2.42 bits per heavy atom. The van der Waals surface area contributed by atoms with Gasteiger partial charge in [0.15, 0.2) is 0 Å². The first-order chi connectivity index (χ1) is 9.19. The zero-order chi connectivity index (χ0) is 13.7. The van der Waals surface area contributed by atoms with E-state index in [2.05, 4.69) is 11.9 Å². The molecule has 2 rings (SSSR count). The van der Waals surface area contributed by atoms with Crippen LogP contribution in [0.25, 0.3) is 0 Å². The van der Waals surface area contributed by atoms with Crippen LogP contribution in [0.3, 0.4) is 0 Å². The van der Waals surface area contributed by atoms with Crippen molar-refractivity contribution in [2.24, 2.45) is 5.73 Å². The first kappa shape index (κ1) is 14.4. The van der Waals surface area contributed by atoms with Crippen molar-refractivity contribution in [3.05, 3.63) is 29.8 Å². The van der Waals surface area contributed by atoms with E-state index in [0.717, 1.165) is 36.6 Å². The maximum Gasteiger partial charge on any atom is 0.233 e. The maximum atomic E-state index is 12.1. The molecule has 0 aliphatic carbocycles. The van der Waals surface area contributed by atoms with Crippen LogP contribution in [-0.4, -0.2) is 54.7 Å². The van der Waals surface area contributed by atoms with Crippen molar-refractivity contribution in [2.75, 3.05) is 39.0 Å². The van der Waals surface area contributed by atoms with Gasteiger partial charge in [0.25, 0.3) is 0 Å². The first-order valence-electron chi connectivity index (χ1n) is 6.57. The van der Waals surface area contributed by atoms with E-state index in [9.17, 15) is 4.79 Å². The normalized spacial score (nSPS) is 16.6. The summed E-state index contributed by atoms with van der Waals surface area (Å²) >= 11 is 1.60. The number of hydrogen-bond donors (Lipinski definition) is 1. The molecule has 1 aromatic rings. The van der Waals surface area contributed by atoms with E-state index in [1.807, 2.05) is 29.2 Å². The van der Waals surface area contributed by atoms with Gasteiger partial charge in [0.2, 0.25) is 5.91 Å². The molecule has 1 aromatic carbocycles. The maximum absolute atomic E-state index is 12.1. The van der Waals surface area contributed by atoms with Gasteiger partial charge in [-0.15, -0.1) is 11.8 Å². The lowest BCUT2D eigenvalue weighted by atomic mass is 10.2. The van der Waals surface area contributed by atoms with Crippen molar-refractivity contribution in [3.8, 4) is 0 Å². The van der Waals surface area contributed by atoms with Crippen LogP contribution in [0.2, 0.25) is 0 Å². The molecular weight excluding hydrogens is 258 g/mol. The summed E-state index contributed by atoms with van der Waals surface area (Å²) in [7, 11) is 2.09. The van der Waals surface area contributed by atoms with Crippen LogP contribution in [0.1, 0.15) is 5.56 Å². The number of likely N-dealkylation sites (N-methyl/N-ethyl adjacent to an activating group) is 1. The minimum absolute atomic E-state index is 0.237. The number of benzene rings is 1. The fourth-order valence-corrected chi connectivity index (χ4v) is 2.82. The van der Waals surface area contributed by atoms with E-state index in [1.165, 1.54) is 0 Å². The van der Waals surface area contributed by atoms with Crippen molar-refractivity contribution < 1.29 is 4.79 Å². The highest BCUT2D eigenvalue weighted by Gasteiger charge is 2.18. The molecule has 1 aliphatic rings. The van der Waals surface area contributed by atoms with Crippen molar-refractivity contribution >= 4 is 17.7 Å². The molecule has 1 saturated heterocycles. The Kier molecular flexibility index (Phi) is 5.24. The number of rotatable bonds is 4. The monoisotopic (exact) mass is 279 g/mol. The molecule has 5 heteroatoms. The highest BCUT2D eigenvalue weighted by Crippen LogP contribution is 2.19. The standard InChI is InChI=1S/C14H21N3OS/c1-16-6-8-17(9-7-16)14(18)11-19-13-4-2-12(10-15)3-5-13/h2-5H,6-11,15H2,1H3. The van der Waals surface area contributed by atoms with E-state index < -0.39 is 0 Å². The van der Waals surface area contributed by atoms with Gasteiger partial charge in [0, 0.05) is 37.6 Å². The second-order valence-electron chi connectivity index (χ2n) is 4.82. The molecule has 104 valence electrons. The number of thioether (sulfide) groups is 1. The molecule has 2 N–H and O–H groups in total. The molecule has 4 nitrogen and oxygen atoms in total. The van der Waals surface area contributed by atoms with E-state index in [4.69, 9.17) is 5.73 Å². The highest BCUT2D eigenvalue weighted by atomic mass is 32.2. The molecule has 1 fully saturated rings. The second-order valence-corrected chi connectivity index (χ2v) is 5.87. The Hall–Kier alpha value is -1.04. The average molecular weight is 279 g/mol. The second kappa shape index (κ2) is 6.93. The topological polar surface area (TPSA) is 49.6 Å². The third-order valence-electron chi connectivity index (χ3n) is 3.38. The lowest BCUT2D eigenvalue weighted by Crippen LogP contribution is -2.47. The summed E-state index contributed by atoms with van der Waals surface area (Å²) in [5.41, 5.74) is 6.68. The molecular formula is C14H21N3OS. The number of nitrogens with zero attached hydrogens (tertiary/aromatic N) is 2. The molecule has 19 heavy (non-hydrogen) atoms. The molecule has 0 atom stereocenters. The number of amides is 1. The summed E-state index contributed by atoms with van der Waals surface area (Å²) in [6.45, 7) is 4.21. The molecule has 0 unspecified atom stereocenters. The van der Waals surface area contributed by atoms with Gasteiger partial charge in [-0.3, -0.25) is 4.79 Å². The Morgan fingerprint density at radius 1 is 1.21 bits per heavy atom. The molecule has 0 radical (unpaired) electrons. The van der Waals surface area contributed by atoms with Gasteiger partial charge in [-0.1, -0.05) is 12.1 Å². The van der Waals surface area contributed by atoms with Crippen LogP contribution in [0.15, 0.2) is 29.2 Å². The number of carbonyl (C=O) groups excluding carboxylic acids is 1. The molecule has 0 spiro atoms. The number of hydrogen-bond acceptors (Lipinski definition) is 4. The van der Waals surface area contributed by atoms with Crippen molar-refractivity contribution in [3.63, 3.8) is 0 Å². The van der Waals surface area contributed by atoms with E-state index >= 15 is 0 Å². The average Bonchev–Trinajstić information content (AvgIpc) is 2.46. The van der Waals surface area contributed by atoms with Gasteiger partial charge >= 0.3 is 0 Å². The van der Waals surface area contributed by atoms with Gasteiger partial charge in [0.1, 0.15) is 0 Å². The van der Waals surface area contributed by atoms with Crippen LogP contribution in [-0.2, 0) is 11.3 Å². The van der Waals surface area contributed by atoms with Gasteiger partial charge < -0.3 is 15.5 Å². The summed E-state index contributed by atoms with van der Waals surface area (Å²) in [5, 5.41) is 0. The number of carbonyl (C=O) groups is 1. The van der Waals surface area contributed by atoms with Gasteiger partial charge in [-0.2, -0.15) is 0 Å². The SMILES string of the molecule is CN1CCN(C(=O)CSc2ccc(CN)cc2)CC1. The Bertz CT molecular complexity index is 413. The van der Waals surface area contributed by atoms with Crippen molar-refractivity contribution in [2.45, 2.75) is 11.4 Å². The zero-order valence-electron chi connectivity index (χ0n) is 11.3. The summed E-state index contributed by atoms with van der Waals surface area (Å²) in [5.74, 6) is 0.757. The predicted octanol–water partition coefficient (Wildman–Crippen LogP) is 1.01. The van der Waals surface area contributed by atoms with Crippen LogP contribution < -0.4 is 5.73 Å². The Labute approximate surface area is 118 Å². The van der Waals surface area contributed by atoms with E-state index in [0.29, 0.717) is 12.3 Å². The lowest BCUT2D eigenvalue weighted by molar-refractivity contribution is -0.129. The molecule has 0 bridgehead atoms. The fraction of sp³-hybridized carbons (Fsp3) is 0.500. The van der Waals surface area contributed by atoms with Crippen LogP contribution in [0, 0.1) is 0 Å². The summed E-state index contributed by atoms with van der Waals surface area (Å²) < 4.78 is 0. The van der Waals surface area contributed by atoms with Crippen molar-refractivity contribution in [1.29, 1.82) is 0 Å². The fourth-order valence-electron chi connectivity index (χ4n) is 2.01. The number of piperazine rings is 1. The Balaban J connectivity index is 1.79. The number of nitrogens with two attached hydrogens (primary N) is 1. The highest BCUT2D eigenvalue weighted by molar-refractivity contribution is 8.00. The minimum Gasteiger partial charge on any atom is -0.339 e. The van der Waals surface area contributed by atoms with E-state index in [-0.39, 0.29) is 5.91 Å². The molecule has 1 amide bonds. The smallest absolute Gasteiger partial charge is 0.233 e. The van der Waals surface area contributed by atoms with Gasteiger partial charge in [0.05, 0.1) is 5.75 Å². The summed E-state index contributed by atoms with van der Waals surface area (Å²) in [6.07, 6.45) is 0. The molecule has 1 aliphatic heterocycles. The first-order valence-corrected chi connectivity index (χ1v) is 7.55. The van der Waals surface area contributed by atoms with Gasteiger partial charge in [-0.25, -0.2) is 0 Å². The predicted molar refractivity (Wildman–Crippen MR) is 79.1 cm³/mol. The zero-order valence-corrected chi connectivity index (χ0v) is 12.2. The molecule has 0 aromatic heterocycles. The third-order valence-corrected chi connectivity index (χ3v) is 4.37. The lowest BCUT2D eigenvalue weighted by Gasteiger charge is -2.32. The van der Waals surface area contributed by atoms with Crippen LogP contribution in [0.4, 0.5) is 0 Å². The molecule has 1 heterocycles. The summed E-state index contributed by atoms with van der Waals surface area (Å²) in [6, 6.07) is 8.10. The van der Waals surface area contributed by atoms with Crippen LogP contribution >= 0.6 is 11.8 Å². The minimum atomic E-state index is 0.237. The largest absolute Gasteiger partial charge is 0.339 e. The summed E-state index contributed by atoms with van der Waals surface area (Å²) in [4.78, 5) is 17.4. The third kappa shape index (κ3) is 4.23. The van der Waals surface area contributed by atoms with Crippen molar-refractivity contribution in [1.82, 2.24) is 9.80 Å².